The Bertz CT molecular complexity index is 516. The van der Waals surface area contributed by atoms with Gasteiger partial charge in [0.1, 0.15) is 11.7 Å². The number of nitrogens with zero attached hydrogens (tertiary/aromatic N) is 1. The lowest BCUT2D eigenvalue weighted by Gasteiger charge is -2.24. The van der Waals surface area contributed by atoms with E-state index >= 15 is 0 Å². The van der Waals surface area contributed by atoms with Crippen LogP contribution in [-0.2, 0) is 9.53 Å². The number of hydrogen-bond acceptors (Lipinski definition) is 3. The molecule has 0 radical (unpaired) electrons. The van der Waals surface area contributed by atoms with E-state index < -0.39 is 0 Å². The largest absolute Gasteiger partial charge is 0.380 e. The summed E-state index contributed by atoms with van der Waals surface area (Å²) < 4.78 is 5.39. The summed E-state index contributed by atoms with van der Waals surface area (Å²) in [6, 6.07) is 7.69. The van der Waals surface area contributed by atoms with Gasteiger partial charge in [-0.3, -0.25) is 10.1 Å². The van der Waals surface area contributed by atoms with Crippen molar-refractivity contribution in [3.05, 3.63) is 34.9 Å². The number of amides is 1. The molecule has 1 aromatic carbocycles. The fraction of sp³-hybridized carbons (Fsp3) is 0.533. The van der Waals surface area contributed by atoms with Gasteiger partial charge in [-0.15, -0.1) is 0 Å². The lowest BCUT2D eigenvalue weighted by molar-refractivity contribution is -0.131. The third-order valence-corrected chi connectivity index (χ3v) is 4.23. The van der Waals surface area contributed by atoms with Gasteiger partial charge in [0.25, 0.3) is 0 Å². The van der Waals surface area contributed by atoms with E-state index in [9.17, 15) is 4.79 Å². The maximum absolute atomic E-state index is 12.5. The van der Waals surface area contributed by atoms with Gasteiger partial charge in [-0.05, 0) is 37.5 Å². The molecule has 1 spiro atoms. The van der Waals surface area contributed by atoms with Gasteiger partial charge in [0.2, 0.25) is 5.91 Å². The summed E-state index contributed by atoms with van der Waals surface area (Å²) in [5, 5.41) is 4.17. The molecule has 1 saturated carbocycles. The van der Waals surface area contributed by atoms with Crippen LogP contribution in [-0.4, -0.2) is 36.1 Å². The number of halogens is 1. The highest BCUT2D eigenvalue weighted by atomic mass is 35.5. The number of carbonyl (C=O) groups excluding carboxylic acids is 1. The number of ether oxygens (including phenoxy) is 1. The zero-order valence-electron chi connectivity index (χ0n) is 11.6. The molecule has 1 atom stereocenters. The molecular weight excluding hydrogens is 276 g/mol. The molecule has 1 unspecified atom stereocenters. The van der Waals surface area contributed by atoms with Gasteiger partial charge in [0, 0.05) is 18.2 Å². The van der Waals surface area contributed by atoms with E-state index in [0.717, 1.165) is 18.4 Å². The van der Waals surface area contributed by atoms with Gasteiger partial charge in [0.05, 0.1) is 6.61 Å². The second kappa shape index (κ2) is 5.35. The molecule has 1 saturated heterocycles. The molecule has 0 aromatic heterocycles. The van der Waals surface area contributed by atoms with Crippen molar-refractivity contribution < 1.29 is 9.53 Å². The summed E-state index contributed by atoms with van der Waals surface area (Å²) in [4.78, 5) is 14.4. The molecule has 1 aliphatic heterocycles. The fourth-order valence-electron chi connectivity index (χ4n) is 2.75. The third-order valence-electron chi connectivity index (χ3n) is 3.99. The van der Waals surface area contributed by atoms with Crippen LogP contribution in [0.2, 0.25) is 5.02 Å². The average molecular weight is 295 g/mol. The lowest BCUT2D eigenvalue weighted by Crippen LogP contribution is -2.34. The van der Waals surface area contributed by atoms with Crippen molar-refractivity contribution in [2.24, 2.45) is 0 Å². The van der Waals surface area contributed by atoms with Crippen LogP contribution in [0.25, 0.3) is 0 Å². The Morgan fingerprint density at radius 3 is 2.95 bits per heavy atom. The minimum atomic E-state index is -0.320. The van der Waals surface area contributed by atoms with Gasteiger partial charge in [0.15, 0.2) is 0 Å². The summed E-state index contributed by atoms with van der Waals surface area (Å²) in [6.45, 7) is 3.80. The van der Waals surface area contributed by atoms with Crippen LogP contribution >= 0.6 is 11.6 Å². The highest BCUT2D eigenvalue weighted by Gasteiger charge is 2.59. The monoisotopic (exact) mass is 294 g/mol. The third kappa shape index (κ3) is 2.43. The maximum atomic E-state index is 12.5. The molecule has 1 amide bonds. The van der Waals surface area contributed by atoms with Gasteiger partial charge in [-0.2, -0.15) is 0 Å². The zero-order chi connectivity index (χ0) is 14.2. The van der Waals surface area contributed by atoms with Crippen molar-refractivity contribution in [1.82, 2.24) is 10.2 Å². The quantitative estimate of drug-likeness (QED) is 0.848. The minimum Gasteiger partial charge on any atom is -0.380 e. The molecular formula is C15H19ClN2O2. The Balaban J connectivity index is 1.81. The molecule has 2 aliphatic rings. The molecule has 3 rings (SSSR count). The normalized spacial score (nSPS) is 23.6. The first kappa shape index (κ1) is 13.9. The Morgan fingerprint density at radius 1 is 1.50 bits per heavy atom. The van der Waals surface area contributed by atoms with Crippen LogP contribution < -0.4 is 5.32 Å². The molecule has 5 heteroatoms. The maximum Gasteiger partial charge on any atom is 0.244 e. The standard InChI is InChI=1S/C15H19ClN2O2/c1-2-20-9-8-18-13(11-4-3-5-12(16)10-11)17-15(6-7-15)14(18)19/h3-5,10,13,17H,2,6-9H2,1H3. The van der Waals surface area contributed by atoms with Crippen molar-refractivity contribution in [2.75, 3.05) is 19.8 Å². The minimum absolute atomic E-state index is 0.0934. The van der Waals surface area contributed by atoms with Gasteiger partial charge >= 0.3 is 0 Å². The highest BCUT2D eigenvalue weighted by molar-refractivity contribution is 6.30. The van der Waals surface area contributed by atoms with Crippen molar-refractivity contribution in [1.29, 1.82) is 0 Å². The molecule has 1 N–H and O–H groups in total. The fourth-order valence-corrected chi connectivity index (χ4v) is 2.95. The van der Waals surface area contributed by atoms with E-state index in [2.05, 4.69) is 5.32 Å². The van der Waals surface area contributed by atoms with Crippen molar-refractivity contribution >= 4 is 17.5 Å². The summed E-state index contributed by atoms with van der Waals surface area (Å²) in [7, 11) is 0. The zero-order valence-corrected chi connectivity index (χ0v) is 12.3. The predicted molar refractivity (Wildman–Crippen MR) is 77.5 cm³/mol. The van der Waals surface area contributed by atoms with E-state index in [1.54, 1.807) is 0 Å². The van der Waals surface area contributed by atoms with Crippen molar-refractivity contribution in [3.63, 3.8) is 0 Å². The number of nitrogens with one attached hydrogen (secondary N) is 1. The smallest absolute Gasteiger partial charge is 0.244 e. The van der Waals surface area contributed by atoms with E-state index in [1.165, 1.54) is 0 Å². The van der Waals surface area contributed by atoms with E-state index in [-0.39, 0.29) is 17.6 Å². The van der Waals surface area contributed by atoms with Crippen LogP contribution in [0.1, 0.15) is 31.5 Å². The van der Waals surface area contributed by atoms with Crippen LogP contribution in [0.5, 0.6) is 0 Å². The van der Waals surface area contributed by atoms with Crippen LogP contribution in [0.15, 0.2) is 24.3 Å². The molecule has 1 aliphatic carbocycles. The SMILES string of the molecule is CCOCCN1C(=O)C2(CC2)NC1c1cccc(Cl)c1. The summed E-state index contributed by atoms with van der Waals surface area (Å²) in [5.41, 5.74) is 0.713. The van der Waals surface area contributed by atoms with Gasteiger partial charge in [-0.25, -0.2) is 0 Å². The topological polar surface area (TPSA) is 41.6 Å². The van der Waals surface area contributed by atoms with Crippen LogP contribution in [0.4, 0.5) is 0 Å². The molecule has 1 heterocycles. The lowest BCUT2D eigenvalue weighted by atomic mass is 10.1. The summed E-state index contributed by atoms with van der Waals surface area (Å²) >= 11 is 6.06. The molecule has 20 heavy (non-hydrogen) atoms. The molecule has 2 fully saturated rings. The summed E-state index contributed by atoms with van der Waals surface area (Å²) in [6.07, 6.45) is 1.76. The first-order chi connectivity index (χ1) is 9.66. The van der Waals surface area contributed by atoms with Crippen LogP contribution in [0.3, 0.4) is 0 Å². The van der Waals surface area contributed by atoms with Crippen molar-refractivity contribution in [2.45, 2.75) is 31.5 Å². The highest BCUT2D eigenvalue weighted by Crippen LogP contribution is 2.45. The summed E-state index contributed by atoms with van der Waals surface area (Å²) in [5.74, 6) is 0.196. The molecule has 108 valence electrons. The number of hydrogen-bond donors (Lipinski definition) is 1. The first-order valence-corrected chi connectivity index (χ1v) is 7.46. The second-order valence-corrected chi connectivity index (χ2v) is 5.82. The molecule has 0 bridgehead atoms. The Labute approximate surface area is 124 Å². The molecule has 4 nitrogen and oxygen atoms in total. The van der Waals surface area contributed by atoms with Crippen LogP contribution in [0, 0.1) is 0 Å². The van der Waals surface area contributed by atoms with Crippen molar-refractivity contribution in [3.8, 4) is 0 Å². The Morgan fingerprint density at radius 2 is 2.30 bits per heavy atom. The van der Waals surface area contributed by atoms with Gasteiger partial charge in [-0.1, -0.05) is 23.7 Å². The number of carbonyl (C=O) groups is 1. The average Bonchev–Trinajstić information content (AvgIpc) is 3.16. The second-order valence-electron chi connectivity index (χ2n) is 5.38. The van der Waals surface area contributed by atoms with E-state index in [4.69, 9.17) is 16.3 Å². The predicted octanol–water partition coefficient (Wildman–Crippen LogP) is 2.34. The number of rotatable bonds is 5. The van der Waals surface area contributed by atoms with E-state index in [1.807, 2.05) is 36.1 Å². The Kier molecular flexibility index (Phi) is 3.71. The first-order valence-electron chi connectivity index (χ1n) is 7.08. The number of benzene rings is 1. The van der Waals surface area contributed by atoms with E-state index in [0.29, 0.717) is 24.8 Å². The Hall–Kier alpha value is -1.10. The van der Waals surface area contributed by atoms with Gasteiger partial charge < -0.3 is 9.64 Å². The molecule has 1 aromatic rings.